The van der Waals surface area contributed by atoms with E-state index in [0.29, 0.717) is 6.42 Å². The Hall–Kier alpha value is -1.22. The van der Waals surface area contributed by atoms with Gasteiger partial charge >= 0.3 is 5.97 Å². The normalized spacial score (nSPS) is 34.7. The lowest BCUT2D eigenvalue weighted by Crippen LogP contribution is -2.66. The van der Waals surface area contributed by atoms with Crippen LogP contribution in [0.4, 0.5) is 0 Å². The molecule has 0 saturated carbocycles. The molecule has 128 valence electrons. The number of carbonyl (C=O) groups is 2. The number of aliphatic carboxylic acids is 1. The number of aliphatic hydroxyl groups is 2. The van der Waals surface area contributed by atoms with Crippen LogP contribution in [0.1, 0.15) is 33.6 Å². The fourth-order valence-corrected chi connectivity index (χ4v) is 2.58. The van der Waals surface area contributed by atoms with E-state index in [0.717, 1.165) is 7.11 Å². The molecular formula is C14H25NO7. The van der Waals surface area contributed by atoms with Crippen molar-refractivity contribution in [3.05, 3.63) is 0 Å². The van der Waals surface area contributed by atoms with Crippen LogP contribution in [0.2, 0.25) is 0 Å². The van der Waals surface area contributed by atoms with Gasteiger partial charge in [0.15, 0.2) is 0 Å². The van der Waals surface area contributed by atoms with Gasteiger partial charge in [-0.3, -0.25) is 4.79 Å². The fraction of sp³-hybridized carbons (Fsp3) is 0.857. The van der Waals surface area contributed by atoms with Crippen molar-refractivity contribution in [2.45, 2.75) is 63.8 Å². The Bertz CT molecular complexity index is 416. The summed E-state index contributed by atoms with van der Waals surface area (Å²) < 4.78 is 10.5. The molecule has 1 amide bonds. The van der Waals surface area contributed by atoms with E-state index in [1.54, 1.807) is 6.92 Å². The van der Waals surface area contributed by atoms with Gasteiger partial charge in [0.1, 0.15) is 6.10 Å². The van der Waals surface area contributed by atoms with E-state index in [1.807, 2.05) is 6.92 Å². The zero-order chi connectivity index (χ0) is 17.1. The number of ether oxygens (including phenoxy) is 2. The second-order valence-electron chi connectivity index (χ2n) is 5.72. The molecule has 1 rings (SSSR count). The average Bonchev–Trinajstić information content (AvgIpc) is 2.46. The summed E-state index contributed by atoms with van der Waals surface area (Å²) in [4.78, 5) is 22.8. The number of hydrogen-bond acceptors (Lipinski definition) is 6. The minimum atomic E-state index is -2.05. The van der Waals surface area contributed by atoms with Crippen molar-refractivity contribution in [2.75, 3.05) is 7.11 Å². The lowest BCUT2D eigenvalue weighted by Gasteiger charge is -2.46. The van der Waals surface area contributed by atoms with Crippen molar-refractivity contribution >= 4 is 11.9 Å². The van der Waals surface area contributed by atoms with E-state index in [9.17, 15) is 24.9 Å². The number of nitrogens with one attached hydrogen (secondary N) is 1. The van der Waals surface area contributed by atoms with Gasteiger partial charge in [0, 0.05) is 20.5 Å². The Morgan fingerprint density at radius 3 is 2.50 bits per heavy atom. The SMILES string of the molecule is CCC(C)C(O)C1O[C@@](OC)(C(=O)O)CC(O)[C@H]1NC(C)=O. The van der Waals surface area contributed by atoms with Gasteiger partial charge in [-0.2, -0.15) is 0 Å². The van der Waals surface area contributed by atoms with E-state index in [-0.39, 0.29) is 12.3 Å². The molecule has 8 heteroatoms. The number of amides is 1. The number of carboxylic acids is 1. The molecule has 4 unspecified atom stereocenters. The third-order valence-corrected chi connectivity index (χ3v) is 4.16. The first-order valence-corrected chi connectivity index (χ1v) is 7.28. The molecule has 1 heterocycles. The molecule has 0 aromatic rings. The number of methoxy groups -OCH3 is 1. The lowest BCUT2D eigenvalue weighted by atomic mass is 9.85. The molecule has 0 aromatic carbocycles. The Balaban J connectivity index is 3.14. The Morgan fingerprint density at radius 2 is 2.09 bits per heavy atom. The second-order valence-corrected chi connectivity index (χ2v) is 5.72. The summed E-state index contributed by atoms with van der Waals surface area (Å²) >= 11 is 0. The first kappa shape index (κ1) is 18.8. The number of carbonyl (C=O) groups excluding carboxylic acids is 1. The highest BCUT2D eigenvalue weighted by molar-refractivity contribution is 5.76. The maximum Gasteiger partial charge on any atom is 0.364 e. The number of hydrogen-bond donors (Lipinski definition) is 4. The summed E-state index contributed by atoms with van der Waals surface area (Å²) in [6.07, 6.45) is -3.12. The summed E-state index contributed by atoms with van der Waals surface area (Å²) in [5, 5.41) is 32.5. The zero-order valence-corrected chi connectivity index (χ0v) is 13.3. The molecule has 1 saturated heterocycles. The summed E-state index contributed by atoms with van der Waals surface area (Å²) in [6.45, 7) is 4.91. The van der Waals surface area contributed by atoms with Crippen LogP contribution in [0, 0.1) is 5.92 Å². The van der Waals surface area contributed by atoms with Gasteiger partial charge in [-0.15, -0.1) is 0 Å². The van der Waals surface area contributed by atoms with Crippen LogP contribution in [-0.2, 0) is 19.1 Å². The van der Waals surface area contributed by atoms with Gasteiger partial charge in [0.05, 0.1) is 18.2 Å². The minimum absolute atomic E-state index is 0.213. The Kier molecular flexibility index (Phi) is 6.30. The van der Waals surface area contributed by atoms with Crippen molar-refractivity contribution in [3.63, 3.8) is 0 Å². The quantitative estimate of drug-likeness (QED) is 0.519. The average molecular weight is 319 g/mol. The molecule has 0 radical (unpaired) electrons. The molecule has 0 bridgehead atoms. The van der Waals surface area contributed by atoms with Gasteiger partial charge in [-0.05, 0) is 5.92 Å². The summed E-state index contributed by atoms with van der Waals surface area (Å²) in [5.74, 6) is -4.06. The first-order chi connectivity index (χ1) is 10.2. The molecular weight excluding hydrogens is 294 g/mol. The molecule has 4 N–H and O–H groups in total. The molecule has 1 fully saturated rings. The zero-order valence-electron chi connectivity index (χ0n) is 13.3. The van der Waals surface area contributed by atoms with E-state index in [2.05, 4.69) is 5.32 Å². The van der Waals surface area contributed by atoms with E-state index >= 15 is 0 Å². The topological polar surface area (TPSA) is 125 Å². The highest BCUT2D eigenvalue weighted by Crippen LogP contribution is 2.34. The summed E-state index contributed by atoms with van der Waals surface area (Å²) in [5.41, 5.74) is 0. The fourth-order valence-electron chi connectivity index (χ4n) is 2.58. The van der Waals surface area contributed by atoms with Gasteiger partial charge in [-0.1, -0.05) is 20.3 Å². The van der Waals surface area contributed by atoms with Crippen LogP contribution in [0.3, 0.4) is 0 Å². The molecule has 0 aliphatic carbocycles. The predicted molar refractivity (Wildman–Crippen MR) is 75.9 cm³/mol. The van der Waals surface area contributed by atoms with Crippen LogP contribution in [0.25, 0.3) is 0 Å². The van der Waals surface area contributed by atoms with Crippen LogP contribution < -0.4 is 5.32 Å². The number of carboxylic acid groups (broad SMARTS) is 1. The third kappa shape index (κ3) is 3.75. The molecule has 1 aliphatic rings. The van der Waals surface area contributed by atoms with Gasteiger partial charge in [0.2, 0.25) is 5.91 Å². The summed E-state index contributed by atoms with van der Waals surface area (Å²) in [6, 6.07) is -0.913. The highest BCUT2D eigenvalue weighted by Gasteiger charge is 2.54. The van der Waals surface area contributed by atoms with E-state index in [4.69, 9.17) is 9.47 Å². The van der Waals surface area contributed by atoms with E-state index in [1.165, 1.54) is 6.92 Å². The smallest absolute Gasteiger partial charge is 0.364 e. The van der Waals surface area contributed by atoms with Gasteiger partial charge in [-0.25, -0.2) is 4.79 Å². The first-order valence-electron chi connectivity index (χ1n) is 7.28. The van der Waals surface area contributed by atoms with Crippen LogP contribution in [-0.4, -0.2) is 64.4 Å². The second kappa shape index (κ2) is 7.36. The lowest BCUT2D eigenvalue weighted by molar-refractivity contribution is -0.301. The van der Waals surface area contributed by atoms with Crippen molar-refractivity contribution in [3.8, 4) is 0 Å². The highest BCUT2D eigenvalue weighted by atomic mass is 16.7. The molecule has 0 spiro atoms. The van der Waals surface area contributed by atoms with Crippen molar-refractivity contribution in [1.82, 2.24) is 5.32 Å². The Labute approximate surface area is 129 Å². The molecule has 0 aromatic heterocycles. The number of rotatable bonds is 6. The molecule has 6 atom stereocenters. The maximum absolute atomic E-state index is 11.5. The van der Waals surface area contributed by atoms with Gasteiger partial charge < -0.3 is 30.1 Å². The third-order valence-electron chi connectivity index (χ3n) is 4.16. The predicted octanol–water partition coefficient (Wildman–Crippen LogP) is -0.525. The minimum Gasteiger partial charge on any atom is -0.477 e. The molecule has 22 heavy (non-hydrogen) atoms. The summed E-state index contributed by atoms with van der Waals surface area (Å²) in [7, 11) is 1.16. The molecule has 8 nitrogen and oxygen atoms in total. The van der Waals surface area contributed by atoms with E-state index < -0.39 is 42.0 Å². The van der Waals surface area contributed by atoms with Crippen LogP contribution >= 0.6 is 0 Å². The number of aliphatic hydroxyl groups excluding tert-OH is 2. The standard InChI is InChI=1S/C14H25NO7/c1-5-7(2)11(18)12-10(15-8(3)16)9(17)6-14(21-4,22-12)13(19)20/h7,9-12,17-18H,5-6H2,1-4H3,(H,15,16)(H,19,20)/t7?,9?,10-,11?,12?,14-/m1/s1. The monoisotopic (exact) mass is 319 g/mol. The van der Waals surface area contributed by atoms with Crippen LogP contribution in [0.15, 0.2) is 0 Å². The maximum atomic E-state index is 11.5. The Morgan fingerprint density at radius 1 is 1.50 bits per heavy atom. The van der Waals surface area contributed by atoms with Crippen molar-refractivity contribution < 1.29 is 34.4 Å². The largest absolute Gasteiger partial charge is 0.477 e. The van der Waals surface area contributed by atoms with Crippen molar-refractivity contribution in [2.24, 2.45) is 5.92 Å². The van der Waals surface area contributed by atoms with Gasteiger partial charge in [0.25, 0.3) is 5.79 Å². The molecule has 1 aliphatic heterocycles. The van der Waals surface area contributed by atoms with Crippen LogP contribution in [0.5, 0.6) is 0 Å². The van der Waals surface area contributed by atoms with Crippen molar-refractivity contribution in [1.29, 1.82) is 0 Å².